The van der Waals surface area contributed by atoms with E-state index in [1.54, 1.807) is 0 Å². The van der Waals surface area contributed by atoms with Crippen molar-refractivity contribution in [3.05, 3.63) is 36.0 Å². The zero-order valence-corrected chi connectivity index (χ0v) is 11.5. The molecule has 0 aliphatic heterocycles. The van der Waals surface area contributed by atoms with Crippen LogP contribution < -0.4 is 0 Å². The number of rotatable bonds is 2. The van der Waals surface area contributed by atoms with E-state index in [9.17, 15) is 13.2 Å². The fraction of sp³-hybridized carbons (Fsp3) is 0.467. The summed E-state index contributed by atoms with van der Waals surface area (Å²) < 4.78 is 39.5. The third-order valence-electron chi connectivity index (χ3n) is 3.97. The minimum absolute atomic E-state index is 0.370. The van der Waals surface area contributed by atoms with Crippen molar-refractivity contribution in [3.8, 4) is 11.3 Å². The Bertz CT molecular complexity index is 595. The lowest BCUT2D eigenvalue weighted by atomic mass is 9.96. The molecule has 1 saturated carbocycles. The molecule has 0 saturated heterocycles. The molecule has 1 aliphatic carbocycles. The maximum Gasteiger partial charge on any atom is 0.416 e. The van der Waals surface area contributed by atoms with Gasteiger partial charge in [0.15, 0.2) is 0 Å². The van der Waals surface area contributed by atoms with E-state index in [0.717, 1.165) is 25.0 Å². The quantitative estimate of drug-likeness (QED) is 0.818. The monoisotopic (exact) mass is 295 g/mol. The highest BCUT2D eigenvalue weighted by molar-refractivity contribution is 5.58. The van der Waals surface area contributed by atoms with E-state index in [0.29, 0.717) is 17.3 Å². The van der Waals surface area contributed by atoms with Crippen LogP contribution in [-0.4, -0.2) is 15.0 Å². The van der Waals surface area contributed by atoms with Crippen molar-refractivity contribution in [1.82, 2.24) is 15.0 Å². The summed E-state index contributed by atoms with van der Waals surface area (Å²) in [6, 6.07) is 5.41. The Morgan fingerprint density at radius 1 is 1.00 bits per heavy atom. The van der Waals surface area contributed by atoms with Crippen molar-refractivity contribution in [1.29, 1.82) is 0 Å². The van der Waals surface area contributed by atoms with Crippen LogP contribution in [0.25, 0.3) is 11.3 Å². The molecule has 112 valence electrons. The molecule has 0 radical (unpaired) electrons. The molecule has 1 aliphatic rings. The zero-order chi connectivity index (χ0) is 14.9. The maximum atomic E-state index is 12.5. The Labute approximate surface area is 120 Å². The summed E-state index contributed by atoms with van der Waals surface area (Å²) in [6.45, 7) is 0. The summed E-state index contributed by atoms with van der Waals surface area (Å²) in [4.78, 5) is 0. The van der Waals surface area contributed by atoms with Crippen molar-refractivity contribution < 1.29 is 13.2 Å². The molecule has 0 spiro atoms. The van der Waals surface area contributed by atoms with E-state index >= 15 is 0 Å². The van der Waals surface area contributed by atoms with Gasteiger partial charge in [0.05, 0.1) is 17.8 Å². The van der Waals surface area contributed by atoms with E-state index < -0.39 is 11.7 Å². The molecule has 0 amide bonds. The molecule has 0 N–H and O–H groups in total. The second-order valence-corrected chi connectivity index (χ2v) is 5.45. The molecule has 1 heterocycles. The van der Waals surface area contributed by atoms with Gasteiger partial charge in [-0.05, 0) is 25.0 Å². The Kier molecular flexibility index (Phi) is 3.69. The van der Waals surface area contributed by atoms with Crippen LogP contribution in [0.4, 0.5) is 13.2 Å². The summed E-state index contributed by atoms with van der Waals surface area (Å²) in [5.74, 6) is 0. The van der Waals surface area contributed by atoms with Crippen LogP contribution >= 0.6 is 0 Å². The number of hydrogen-bond acceptors (Lipinski definition) is 2. The topological polar surface area (TPSA) is 30.7 Å². The third-order valence-corrected chi connectivity index (χ3v) is 3.97. The van der Waals surface area contributed by atoms with E-state index in [1.165, 1.54) is 31.4 Å². The molecule has 3 nitrogen and oxygen atoms in total. The van der Waals surface area contributed by atoms with E-state index in [-0.39, 0.29) is 0 Å². The summed E-state index contributed by atoms with van der Waals surface area (Å²) >= 11 is 0. The Balaban J connectivity index is 1.79. The first kappa shape index (κ1) is 14.1. The summed E-state index contributed by atoms with van der Waals surface area (Å²) in [5, 5.41) is 8.22. The van der Waals surface area contributed by atoms with Crippen LogP contribution in [0.3, 0.4) is 0 Å². The average molecular weight is 295 g/mol. The van der Waals surface area contributed by atoms with Gasteiger partial charge in [0, 0.05) is 5.56 Å². The number of benzene rings is 1. The van der Waals surface area contributed by atoms with Gasteiger partial charge in [-0.3, -0.25) is 0 Å². The van der Waals surface area contributed by atoms with Crippen LogP contribution in [0, 0.1) is 0 Å². The van der Waals surface area contributed by atoms with Gasteiger partial charge in [0.25, 0.3) is 0 Å². The van der Waals surface area contributed by atoms with Crippen molar-refractivity contribution >= 4 is 0 Å². The number of halogens is 3. The van der Waals surface area contributed by atoms with Crippen LogP contribution in [0.1, 0.15) is 43.7 Å². The second-order valence-electron chi connectivity index (χ2n) is 5.45. The minimum Gasteiger partial charge on any atom is -0.249 e. The number of nitrogens with zero attached hydrogens (tertiary/aromatic N) is 3. The zero-order valence-electron chi connectivity index (χ0n) is 11.5. The molecule has 6 heteroatoms. The molecular formula is C15H16F3N3. The van der Waals surface area contributed by atoms with Gasteiger partial charge in [-0.1, -0.05) is 36.6 Å². The largest absolute Gasteiger partial charge is 0.416 e. The predicted octanol–water partition coefficient (Wildman–Crippen LogP) is 4.47. The maximum absolute atomic E-state index is 12.5. The summed E-state index contributed by atoms with van der Waals surface area (Å²) in [5.41, 5.74) is 0.630. The number of hydrogen-bond donors (Lipinski definition) is 0. The molecule has 0 atom stereocenters. The fourth-order valence-corrected chi connectivity index (χ4v) is 2.76. The van der Waals surface area contributed by atoms with Crippen LogP contribution in [0.15, 0.2) is 30.5 Å². The van der Waals surface area contributed by atoms with E-state index in [2.05, 4.69) is 10.3 Å². The Hall–Kier alpha value is -1.85. The predicted molar refractivity (Wildman–Crippen MR) is 72.6 cm³/mol. The van der Waals surface area contributed by atoms with Crippen molar-refractivity contribution in [2.75, 3.05) is 0 Å². The number of alkyl halides is 3. The highest BCUT2D eigenvalue weighted by Gasteiger charge is 2.30. The average Bonchev–Trinajstić information content (AvgIpc) is 2.97. The van der Waals surface area contributed by atoms with E-state index in [4.69, 9.17) is 0 Å². The molecule has 1 fully saturated rings. The standard InChI is InChI=1S/C15H16F3N3/c16-15(17,18)12-8-6-11(7-9-12)14-10-21(20-19-14)13-4-2-1-3-5-13/h6-10,13H,1-5H2. The van der Waals surface area contributed by atoms with Gasteiger partial charge in [0.1, 0.15) is 5.69 Å². The molecular weight excluding hydrogens is 279 g/mol. The lowest BCUT2D eigenvalue weighted by Gasteiger charge is -2.20. The highest BCUT2D eigenvalue weighted by Crippen LogP contribution is 2.31. The molecule has 1 aromatic carbocycles. The van der Waals surface area contributed by atoms with Crippen molar-refractivity contribution in [2.24, 2.45) is 0 Å². The first-order chi connectivity index (χ1) is 10.0. The van der Waals surface area contributed by atoms with Gasteiger partial charge in [-0.2, -0.15) is 13.2 Å². The number of aromatic nitrogens is 3. The first-order valence-corrected chi connectivity index (χ1v) is 7.13. The SMILES string of the molecule is FC(F)(F)c1ccc(-c2cn(C3CCCCC3)nn2)cc1. The molecule has 21 heavy (non-hydrogen) atoms. The minimum atomic E-state index is -4.31. The van der Waals surface area contributed by atoms with Crippen LogP contribution in [0.5, 0.6) is 0 Å². The van der Waals surface area contributed by atoms with Gasteiger partial charge in [0.2, 0.25) is 0 Å². The van der Waals surface area contributed by atoms with Crippen molar-refractivity contribution in [3.63, 3.8) is 0 Å². The molecule has 1 aromatic heterocycles. The Morgan fingerprint density at radius 3 is 2.29 bits per heavy atom. The molecule has 3 rings (SSSR count). The smallest absolute Gasteiger partial charge is 0.249 e. The lowest BCUT2D eigenvalue weighted by molar-refractivity contribution is -0.137. The second kappa shape index (κ2) is 5.50. The highest BCUT2D eigenvalue weighted by atomic mass is 19.4. The van der Waals surface area contributed by atoms with E-state index in [1.807, 2.05) is 10.9 Å². The molecule has 0 unspecified atom stereocenters. The molecule has 2 aromatic rings. The molecule has 0 bridgehead atoms. The fourth-order valence-electron chi connectivity index (χ4n) is 2.76. The summed E-state index contributed by atoms with van der Waals surface area (Å²) in [7, 11) is 0. The van der Waals surface area contributed by atoms with Gasteiger partial charge >= 0.3 is 6.18 Å². The first-order valence-electron chi connectivity index (χ1n) is 7.13. The third kappa shape index (κ3) is 3.09. The van der Waals surface area contributed by atoms with Gasteiger partial charge in [-0.25, -0.2) is 4.68 Å². The van der Waals surface area contributed by atoms with Crippen LogP contribution in [-0.2, 0) is 6.18 Å². The van der Waals surface area contributed by atoms with Gasteiger partial charge < -0.3 is 0 Å². The van der Waals surface area contributed by atoms with Crippen molar-refractivity contribution in [2.45, 2.75) is 44.3 Å². The Morgan fingerprint density at radius 2 is 1.67 bits per heavy atom. The summed E-state index contributed by atoms with van der Waals surface area (Å²) in [6.07, 6.45) is 3.36. The van der Waals surface area contributed by atoms with Crippen LogP contribution in [0.2, 0.25) is 0 Å². The normalized spacial score (nSPS) is 17.1. The lowest BCUT2D eigenvalue weighted by Crippen LogP contribution is -2.13. The van der Waals surface area contributed by atoms with Gasteiger partial charge in [-0.15, -0.1) is 5.10 Å².